The second kappa shape index (κ2) is 5.19. The quantitative estimate of drug-likeness (QED) is 0.488. The third kappa shape index (κ3) is 2.95. The number of esters is 1. The number of halogens is 3. The van der Waals surface area contributed by atoms with Crippen molar-refractivity contribution in [3.63, 3.8) is 0 Å². The SMILES string of the molecule is COC(=O)c1csc2cc(OS(=O)(=O)C(F)(F)F)ccc12. The van der Waals surface area contributed by atoms with Gasteiger partial charge in [-0.3, -0.25) is 0 Å². The molecule has 1 aromatic heterocycles. The summed E-state index contributed by atoms with van der Waals surface area (Å²) in [5.41, 5.74) is -5.27. The number of hydrogen-bond donors (Lipinski definition) is 0. The molecule has 1 aromatic carbocycles. The van der Waals surface area contributed by atoms with Gasteiger partial charge in [-0.2, -0.15) is 21.6 Å². The lowest BCUT2D eigenvalue weighted by Crippen LogP contribution is -2.28. The molecule has 114 valence electrons. The van der Waals surface area contributed by atoms with Crippen LogP contribution in [0.1, 0.15) is 10.4 Å². The van der Waals surface area contributed by atoms with Crippen LogP contribution in [0.5, 0.6) is 5.75 Å². The first-order chi connectivity index (χ1) is 9.65. The molecular weight excluding hydrogens is 333 g/mol. The fraction of sp³-hybridized carbons (Fsp3) is 0.182. The van der Waals surface area contributed by atoms with Gasteiger partial charge in [-0.25, -0.2) is 4.79 Å². The molecule has 2 aromatic rings. The Bertz CT molecular complexity index is 792. The van der Waals surface area contributed by atoms with Gasteiger partial charge < -0.3 is 8.92 Å². The normalized spacial score (nSPS) is 12.4. The van der Waals surface area contributed by atoms with Crippen LogP contribution >= 0.6 is 11.3 Å². The van der Waals surface area contributed by atoms with Crippen molar-refractivity contribution in [2.24, 2.45) is 0 Å². The number of rotatable bonds is 3. The summed E-state index contributed by atoms with van der Waals surface area (Å²) >= 11 is 1.05. The minimum Gasteiger partial charge on any atom is -0.465 e. The molecule has 21 heavy (non-hydrogen) atoms. The molecule has 0 aliphatic heterocycles. The minimum atomic E-state index is -5.72. The summed E-state index contributed by atoms with van der Waals surface area (Å²) in [6.45, 7) is 0. The molecule has 0 fully saturated rings. The number of carbonyl (C=O) groups is 1. The maximum absolute atomic E-state index is 12.2. The average Bonchev–Trinajstić information content (AvgIpc) is 2.79. The number of hydrogen-bond acceptors (Lipinski definition) is 6. The number of thiophene rings is 1. The average molecular weight is 340 g/mol. The molecule has 5 nitrogen and oxygen atoms in total. The van der Waals surface area contributed by atoms with Crippen molar-refractivity contribution in [2.75, 3.05) is 7.11 Å². The third-order valence-electron chi connectivity index (χ3n) is 2.44. The Morgan fingerprint density at radius 2 is 1.95 bits per heavy atom. The Balaban J connectivity index is 2.40. The minimum absolute atomic E-state index is 0.239. The van der Waals surface area contributed by atoms with Crippen LogP contribution in [-0.2, 0) is 14.9 Å². The molecule has 0 unspecified atom stereocenters. The van der Waals surface area contributed by atoms with Crippen LogP contribution in [0.4, 0.5) is 13.2 Å². The molecule has 0 aliphatic rings. The first-order valence-electron chi connectivity index (χ1n) is 5.26. The standard InChI is InChI=1S/C11H7F3O5S2/c1-18-10(15)8-5-20-9-4-6(2-3-7(8)9)19-21(16,17)11(12,13)14/h2-5H,1H3. The van der Waals surface area contributed by atoms with Gasteiger partial charge in [-0.05, 0) is 18.2 Å². The molecule has 2 rings (SSSR count). The lowest BCUT2D eigenvalue weighted by atomic mass is 10.2. The van der Waals surface area contributed by atoms with Crippen LogP contribution in [0, 0.1) is 0 Å². The molecular formula is C11H7F3O5S2. The highest BCUT2D eigenvalue weighted by Gasteiger charge is 2.48. The summed E-state index contributed by atoms with van der Waals surface area (Å²) in [7, 11) is -4.53. The number of alkyl halides is 3. The summed E-state index contributed by atoms with van der Waals surface area (Å²) in [5.74, 6) is -1.09. The van der Waals surface area contributed by atoms with Crippen molar-refractivity contribution < 1.29 is 35.3 Å². The van der Waals surface area contributed by atoms with Gasteiger partial charge in [0, 0.05) is 15.5 Å². The van der Waals surface area contributed by atoms with Crippen molar-refractivity contribution in [1.29, 1.82) is 0 Å². The van der Waals surface area contributed by atoms with E-state index in [4.69, 9.17) is 0 Å². The summed E-state index contributed by atoms with van der Waals surface area (Å²) < 4.78 is 67.4. The van der Waals surface area contributed by atoms with Gasteiger partial charge in [0.25, 0.3) is 0 Å². The Kier molecular flexibility index (Phi) is 3.85. The molecule has 0 spiro atoms. The molecule has 10 heteroatoms. The van der Waals surface area contributed by atoms with Crippen molar-refractivity contribution in [1.82, 2.24) is 0 Å². The number of ether oxygens (including phenoxy) is 1. The van der Waals surface area contributed by atoms with Gasteiger partial charge in [0.2, 0.25) is 0 Å². The van der Waals surface area contributed by atoms with E-state index in [1.54, 1.807) is 0 Å². The monoisotopic (exact) mass is 340 g/mol. The van der Waals surface area contributed by atoms with E-state index in [0.717, 1.165) is 23.5 Å². The Hall–Kier alpha value is -1.81. The first kappa shape index (κ1) is 15.6. The molecule has 1 heterocycles. The molecule has 0 amide bonds. The Labute approximate surface area is 121 Å². The van der Waals surface area contributed by atoms with Gasteiger partial charge in [0.15, 0.2) is 0 Å². The number of carbonyl (C=O) groups excluding carboxylic acids is 1. The van der Waals surface area contributed by atoms with Crippen LogP contribution in [0.2, 0.25) is 0 Å². The Morgan fingerprint density at radius 3 is 2.52 bits per heavy atom. The fourth-order valence-corrected chi connectivity index (χ4v) is 2.91. The zero-order valence-corrected chi connectivity index (χ0v) is 11.9. The predicted octanol–water partition coefficient (Wildman–Crippen LogP) is 2.92. The van der Waals surface area contributed by atoms with Crippen molar-refractivity contribution in [3.8, 4) is 5.75 Å². The summed E-state index contributed by atoms with van der Waals surface area (Å²) in [4.78, 5) is 11.4. The van der Waals surface area contributed by atoms with Crippen LogP contribution in [0.3, 0.4) is 0 Å². The number of methoxy groups -OCH3 is 1. The van der Waals surface area contributed by atoms with E-state index in [1.807, 2.05) is 0 Å². The highest BCUT2D eigenvalue weighted by Crippen LogP contribution is 2.32. The molecule has 0 N–H and O–H groups in total. The predicted molar refractivity (Wildman–Crippen MR) is 68.8 cm³/mol. The maximum atomic E-state index is 12.2. The smallest absolute Gasteiger partial charge is 0.465 e. The second-order valence-electron chi connectivity index (χ2n) is 3.78. The topological polar surface area (TPSA) is 69.7 Å². The van der Waals surface area contributed by atoms with Gasteiger partial charge in [-0.15, -0.1) is 11.3 Å². The molecule has 0 atom stereocenters. The maximum Gasteiger partial charge on any atom is 0.534 e. The summed E-state index contributed by atoms with van der Waals surface area (Å²) in [6, 6.07) is 3.43. The lowest BCUT2D eigenvalue weighted by Gasteiger charge is -2.09. The van der Waals surface area contributed by atoms with Crippen LogP contribution in [0.15, 0.2) is 23.6 Å². The summed E-state index contributed by atoms with van der Waals surface area (Å²) in [5, 5.41) is 1.89. The molecule has 0 saturated carbocycles. The number of fused-ring (bicyclic) bond motifs is 1. The van der Waals surface area contributed by atoms with Crippen molar-refractivity contribution in [2.45, 2.75) is 5.51 Å². The highest BCUT2D eigenvalue weighted by atomic mass is 32.2. The van der Waals surface area contributed by atoms with E-state index in [2.05, 4.69) is 8.92 Å². The van der Waals surface area contributed by atoms with Crippen molar-refractivity contribution in [3.05, 3.63) is 29.1 Å². The van der Waals surface area contributed by atoms with Gasteiger partial charge in [0.1, 0.15) is 5.75 Å². The number of benzene rings is 1. The van der Waals surface area contributed by atoms with E-state index < -0.39 is 27.3 Å². The molecule has 0 aliphatic carbocycles. The largest absolute Gasteiger partial charge is 0.534 e. The molecule has 0 radical (unpaired) electrons. The Morgan fingerprint density at radius 1 is 1.29 bits per heavy atom. The van der Waals surface area contributed by atoms with Crippen LogP contribution in [0.25, 0.3) is 10.1 Å². The highest BCUT2D eigenvalue weighted by molar-refractivity contribution is 7.88. The molecule has 0 bridgehead atoms. The van der Waals surface area contributed by atoms with E-state index in [1.165, 1.54) is 18.6 Å². The van der Waals surface area contributed by atoms with E-state index in [9.17, 15) is 26.4 Å². The summed E-state index contributed by atoms with van der Waals surface area (Å²) in [6.07, 6.45) is 0. The van der Waals surface area contributed by atoms with Crippen LogP contribution < -0.4 is 4.18 Å². The first-order valence-corrected chi connectivity index (χ1v) is 7.55. The third-order valence-corrected chi connectivity index (χ3v) is 4.37. The van der Waals surface area contributed by atoms with E-state index in [-0.39, 0.29) is 5.56 Å². The van der Waals surface area contributed by atoms with E-state index >= 15 is 0 Å². The van der Waals surface area contributed by atoms with Crippen molar-refractivity contribution >= 4 is 37.5 Å². The second-order valence-corrected chi connectivity index (χ2v) is 6.23. The fourth-order valence-electron chi connectivity index (χ4n) is 1.50. The van der Waals surface area contributed by atoms with Gasteiger partial charge in [-0.1, -0.05) is 0 Å². The van der Waals surface area contributed by atoms with Gasteiger partial charge in [0.05, 0.1) is 12.7 Å². The lowest BCUT2D eigenvalue weighted by molar-refractivity contribution is -0.0500. The molecule has 0 saturated heterocycles. The zero-order chi connectivity index (χ0) is 15.8. The van der Waals surface area contributed by atoms with E-state index in [0.29, 0.717) is 10.1 Å². The zero-order valence-electron chi connectivity index (χ0n) is 10.3. The van der Waals surface area contributed by atoms with Crippen LogP contribution in [-0.4, -0.2) is 27.0 Å². The van der Waals surface area contributed by atoms with Gasteiger partial charge >= 0.3 is 21.6 Å².